The van der Waals surface area contributed by atoms with Crippen LogP contribution in [0.15, 0.2) is 52.3 Å². The molecular weight excluding hydrogens is 288 g/mol. The van der Waals surface area contributed by atoms with Crippen LogP contribution in [0.3, 0.4) is 0 Å². The van der Waals surface area contributed by atoms with E-state index < -0.39 is 11.6 Å². The Labute approximate surface area is 128 Å². The molecule has 0 aliphatic carbocycles. The molecule has 1 atom stereocenters. The monoisotopic (exact) mass is 307 g/mol. The molecule has 4 heteroatoms. The molecule has 1 unspecified atom stereocenters. The van der Waals surface area contributed by atoms with Crippen molar-refractivity contribution in [3.63, 3.8) is 0 Å². The number of halogens is 2. The van der Waals surface area contributed by atoms with Gasteiger partial charge in [0.1, 0.15) is 11.6 Å². The maximum atomic E-state index is 13.8. The van der Waals surface area contributed by atoms with Gasteiger partial charge in [-0.1, -0.05) is 36.9 Å². The molecular formula is C17H19F2NS. The average molecular weight is 307 g/mol. The smallest absolute Gasteiger partial charge is 0.137 e. The van der Waals surface area contributed by atoms with Crippen LogP contribution >= 0.6 is 11.8 Å². The van der Waals surface area contributed by atoms with Crippen molar-refractivity contribution in [2.45, 2.75) is 36.1 Å². The Balaban J connectivity index is 2.25. The number of hydrogen-bond acceptors (Lipinski definition) is 2. The molecule has 1 N–H and O–H groups in total. The average Bonchev–Trinajstić information content (AvgIpc) is 2.49. The third kappa shape index (κ3) is 4.29. The van der Waals surface area contributed by atoms with Crippen LogP contribution in [0.4, 0.5) is 8.78 Å². The topological polar surface area (TPSA) is 12.0 Å². The number of rotatable bonds is 6. The summed E-state index contributed by atoms with van der Waals surface area (Å²) in [5, 5.41) is 3.42. The van der Waals surface area contributed by atoms with Gasteiger partial charge in [-0.2, -0.15) is 0 Å². The fraction of sp³-hybridized carbons (Fsp3) is 0.294. The van der Waals surface area contributed by atoms with E-state index in [-0.39, 0.29) is 6.04 Å². The Kier molecular flexibility index (Phi) is 5.76. The molecule has 0 saturated carbocycles. The minimum atomic E-state index is -0.423. The summed E-state index contributed by atoms with van der Waals surface area (Å²) in [5.74, 6) is -0.820. The molecule has 0 aromatic heterocycles. The molecule has 2 aromatic rings. The second-order valence-electron chi connectivity index (χ2n) is 4.89. The van der Waals surface area contributed by atoms with Crippen molar-refractivity contribution < 1.29 is 8.78 Å². The normalized spacial score (nSPS) is 12.4. The molecule has 0 fully saturated rings. The molecule has 0 heterocycles. The predicted molar refractivity (Wildman–Crippen MR) is 83.6 cm³/mol. The third-order valence-electron chi connectivity index (χ3n) is 3.20. The van der Waals surface area contributed by atoms with Gasteiger partial charge in [0, 0.05) is 10.9 Å². The van der Waals surface area contributed by atoms with Crippen LogP contribution in [-0.4, -0.2) is 6.54 Å². The Hall–Kier alpha value is -1.39. The van der Waals surface area contributed by atoms with Crippen molar-refractivity contribution >= 4 is 11.8 Å². The third-order valence-corrected chi connectivity index (χ3v) is 4.32. The van der Waals surface area contributed by atoms with E-state index in [1.54, 1.807) is 0 Å². The van der Waals surface area contributed by atoms with Crippen molar-refractivity contribution in [2.24, 2.45) is 0 Å². The van der Waals surface area contributed by atoms with Crippen LogP contribution in [0.2, 0.25) is 0 Å². The molecule has 2 aromatic carbocycles. The van der Waals surface area contributed by atoms with E-state index in [0.29, 0.717) is 4.90 Å². The first-order valence-electron chi connectivity index (χ1n) is 7.07. The highest BCUT2D eigenvalue weighted by molar-refractivity contribution is 7.99. The van der Waals surface area contributed by atoms with Gasteiger partial charge in [0.25, 0.3) is 0 Å². The lowest BCUT2D eigenvalue weighted by Gasteiger charge is -2.17. The summed E-state index contributed by atoms with van der Waals surface area (Å²) in [6.45, 7) is 5.12. The van der Waals surface area contributed by atoms with Crippen molar-refractivity contribution in [1.82, 2.24) is 5.32 Å². The standard InChI is InChI=1S/C17H19F2NS/c1-3-10-20-12(2)14-6-4-5-7-16(14)21-17-11-13(18)8-9-15(17)19/h4-9,11-12,20H,3,10H2,1-2H3. The van der Waals surface area contributed by atoms with Gasteiger partial charge in [-0.3, -0.25) is 0 Å². The Morgan fingerprint density at radius 2 is 1.86 bits per heavy atom. The maximum absolute atomic E-state index is 13.8. The number of nitrogens with one attached hydrogen (secondary N) is 1. The van der Waals surface area contributed by atoms with Crippen LogP contribution in [0, 0.1) is 11.6 Å². The predicted octanol–water partition coefficient (Wildman–Crippen LogP) is 5.18. The van der Waals surface area contributed by atoms with Crippen LogP contribution in [-0.2, 0) is 0 Å². The van der Waals surface area contributed by atoms with Gasteiger partial charge >= 0.3 is 0 Å². The van der Waals surface area contributed by atoms with Gasteiger partial charge in [0.15, 0.2) is 0 Å². The number of benzene rings is 2. The summed E-state index contributed by atoms with van der Waals surface area (Å²) in [6, 6.07) is 11.5. The van der Waals surface area contributed by atoms with Crippen LogP contribution in [0.1, 0.15) is 31.9 Å². The molecule has 2 rings (SSSR count). The van der Waals surface area contributed by atoms with Crippen LogP contribution < -0.4 is 5.32 Å². The number of hydrogen-bond donors (Lipinski definition) is 1. The Morgan fingerprint density at radius 1 is 1.10 bits per heavy atom. The van der Waals surface area contributed by atoms with Crippen LogP contribution in [0.5, 0.6) is 0 Å². The minimum Gasteiger partial charge on any atom is -0.310 e. The van der Waals surface area contributed by atoms with E-state index in [1.165, 1.54) is 23.9 Å². The molecule has 0 aliphatic rings. The first kappa shape index (κ1) is 16.0. The van der Waals surface area contributed by atoms with Gasteiger partial charge in [-0.05, 0) is 49.7 Å². The zero-order chi connectivity index (χ0) is 15.2. The van der Waals surface area contributed by atoms with Gasteiger partial charge in [0.2, 0.25) is 0 Å². The van der Waals surface area contributed by atoms with E-state index in [2.05, 4.69) is 19.2 Å². The summed E-state index contributed by atoms with van der Waals surface area (Å²) < 4.78 is 27.1. The largest absolute Gasteiger partial charge is 0.310 e. The van der Waals surface area contributed by atoms with Crippen molar-refractivity contribution in [3.8, 4) is 0 Å². The Bertz CT molecular complexity index is 601. The van der Waals surface area contributed by atoms with Gasteiger partial charge in [-0.25, -0.2) is 8.78 Å². The summed E-state index contributed by atoms with van der Waals surface area (Å²) in [6.07, 6.45) is 1.05. The van der Waals surface area contributed by atoms with Gasteiger partial charge in [-0.15, -0.1) is 0 Å². The van der Waals surface area contributed by atoms with Crippen molar-refractivity contribution in [3.05, 3.63) is 59.7 Å². The first-order valence-corrected chi connectivity index (χ1v) is 7.88. The van der Waals surface area contributed by atoms with Crippen LogP contribution in [0.25, 0.3) is 0 Å². The summed E-state index contributed by atoms with van der Waals surface area (Å²) in [5.41, 5.74) is 1.10. The van der Waals surface area contributed by atoms with E-state index in [0.717, 1.165) is 29.5 Å². The van der Waals surface area contributed by atoms with E-state index >= 15 is 0 Å². The first-order chi connectivity index (χ1) is 10.1. The highest BCUT2D eigenvalue weighted by Gasteiger charge is 2.13. The van der Waals surface area contributed by atoms with Gasteiger partial charge < -0.3 is 5.32 Å². The quantitative estimate of drug-likeness (QED) is 0.789. The maximum Gasteiger partial charge on any atom is 0.137 e. The molecule has 112 valence electrons. The lowest BCUT2D eigenvalue weighted by molar-refractivity contribution is 0.563. The molecule has 0 spiro atoms. The molecule has 0 bridgehead atoms. The van der Waals surface area contributed by atoms with E-state index in [1.807, 2.05) is 24.3 Å². The lowest BCUT2D eigenvalue weighted by atomic mass is 10.1. The molecule has 0 saturated heterocycles. The highest BCUT2D eigenvalue weighted by atomic mass is 32.2. The second kappa shape index (κ2) is 7.57. The second-order valence-corrected chi connectivity index (χ2v) is 5.97. The van der Waals surface area contributed by atoms with Gasteiger partial charge in [0.05, 0.1) is 4.90 Å². The zero-order valence-corrected chi connectivity index (χ0v) is 13.0. The molecule has 1 nitrogen and oxygen atoms in total. The summed E-state index contributed by atoms with van der Waals surface area (Å²) in [4.78, 5) is 1.25. The fourth-order valence-corrected chi connectivity index (χ4v) is 3.16. The minimum absolute atomic E-state index is 0.172. The molecule has 0 radical (unpaired) electrons. The van der Waals surface area contributed by atoms with Crippen molar-refractivity contribution in [1.29, 1.82) is 0 Å². The Morgan fingerprint density at radius 3 is 2.62 bits per heavy atom. The van der Waals surface area contributed by atoms with E-state index in [9.17, 15) is 8.78 Å². The summed E-state index contributed by atoms with van der Waals surface area (Å²) >= 11 is 1.26. The fourth-order valence-electron chi connectivity index (χ4n) is 2.08. The SMILES string of the molecule is CCCNC(C)c1ccccc1Sc1cc(F)ccc1F. The molecule has 0 amide bonds. The van der Waals surface area contributed by atoms with Crippen molar-refractivity contribution in [2.75, 3.05) is 6.54 Å². The molecule has 21 heavy (non-hydrogen) atoms. The summed E-state index contributed by atoms with van der Waals surface area (Å²) in [7, 11) is 0. The highest BCUT2D eigenvalue weighted by Crippen LogP contribution is 2.34. The van der Waals surface area contributed by atoms with E-state index in [4.69, 9.17) is 0 Å². The zero-order valence-electron chi connectivity index (χ0n) is 12.2. The molecule has 0 aliphatic heterocycles. The lowest BCUT2D eigenvalue weighted by Crippen LogP contribution is -2.19.